The van der Waals surface area contributed by atoms with Gasteiger partial charge in [0.25, 0.3) is 0 Å². The molecule has 0 radical (unpaired) electrons. The number of ether oxygens (including phenoxy) is 1. The predicted octanol–water partition coefficient (Wildman–Crippen LogP) is 1.73. The van der Waals surface area contributed by atoms with Crippen molar-refractivity contribution in [3.63, 3.8) is 0 Å². The largest absolute Gasteiger partial charge is 0.376 e. The number of aromatic nitrogens is 3. The van der Waals surface area contributed by atoms with Gasteiger partial charge in [0, 0.05) is 38.6 Å². The Balaban J connectivity index is 1.53. The summed E-state index contributed by atoms with van der Waals surface area (Å²) < 4.78 is 7.47. The summed E-state index contributed by atoms with van der Waals surface area (Å²) in [6.45, 7) is 6.33. The van der Waals surface area contributed by atoms with Crippen LogP contribution in [0.25, 0.3) is 5.82 Å². The average Bonchev–Trinajstić information content (AvgIpc) is 3.25. The van der Waals surface area contributed by atoms with Gasteiger partial charge in [-0.1, -0.05) is 6.07 Å². The molecule has 2 aromatic heterocycles. The Morgan fingerprint density at radius 1 is 1.36 bits per heavy atom. The second-order valence-corrected chi connectivity index (χ2v) is 6.31. The lowest BCUT2D eigenvalue weighted by Gasteiger charge is -2.15. The molecule has 1 aliphatic heterocycles. The second kappa shape index (κ2) is 8.11. The van der Waals surface area contributed by atoms with E-state index in [1.807, 2.05) is 36.9 Å². The molecule has 2 N–H and O–H groups in total. The van der Waals surface area contributed by atoms with Crippen molar-refractivity contribution in [1.29, 1.82) is 0 Å². The van der Waals surface area contributed by atoms with E-state index in [2.05, 4.69) is 31.8 Å². The normalized spacial score (nSPS) is 17.7. The van der Waals surface area contributed by atoms with Crippen LogP contribution in [0.1, 0.15) is 29.8 Å². The molecule has 1 fully saturated rings. The van der Waals surface area contributed by atoms with Gasteiger partial charge in [-0.3, -0.25) is 4.99 Å². The van der Waals surface area contributed by atoms with Crippen LogP contribution in [0.3, 0.4) is 0 Å². The summed E-state index contributed by atoms with van der Waals surface area (Å²) in [5.41, 5.74) is 3.16. The van der Waals surface area contributed by atoms with Gasteiger partial charge in [-0.15, -0.1) is 0 Å². The Labute approximate surface area is 148 Å². The van der Waals surface area contributed by atoms with Crippen LogP contribution in [0.15, 0.2) is 29.4 Å². The van der Waals surface area contributed by atoms with Gasteiger partial charge < -0.3 is 15.4 Å². The first kappa shape index (κ1) is 17.4. The highest BCUT2D eigenvalue weighted by Crippen LogP contribution is 2.11. The molecule has 7 nitrogen and oxygen atoms in total. The van der Waals surface area contributed by atoms with Crippen molar-refractivity contribution in [2.75, 3.05) is 20.2 Å². The molecule has 0 aromatic carbocycles. The Hall–Kier alpha value is -2.41. The fourth-order valence-corrected chi connectivity index (χ4v) is 2.93. The summed E-state index contributed by atoms with van der Waals surface area (Å²) in [7, 11) is 1.77. The van der Waals surface area contributed by atoms with Gasteiger partial charge in [0.05, 0.1) is 11.8 Å². The lowest BCUT2D eigenvalue weighted by molar-refractivity contribution is 0.114. The van der Waals surface area contributed by atoms with Crippen molar-refractivity contribution in [1.82, 2.24) is 25.4 Å². The van der Waals surface area contributed by atoms with Gasteiger partial charge in [0.2, 0.25) is 0 Å². The second-order valence-electron chi connectivity index (χ2n) is 6.31. The molecule has 0 saturated carbocycles. The SMILES string of the molecule is CN=C(NCc1ccc(-n2nc(C)cc2C)nc1)NCC1CCCO1. The standard InChI is InChI=1S/C18H26N6O/c1-13-9-14(2)24(23-13)17-7-6-15(10-20-17)11-21-18(19-3)22-12-16-5-4-8-25-16/h6-7,9-10,16H,4-5,8,11-12H2,1-3H3,(H2,19,21,22). The zero-order valence-electron chi connectivity index (χ0n) is 15.1. The molecule has 3 heterocycles. The third-order valence-corrected chi connectivity index (χ3v) is 4.24. The molecule has 134 valence electrons. The van der Waals surface area contributed by atoms with E-state index in [0.717, 1.165) is 54.7 Å². The van der Waals surface area contributed by atoms with Crippen LogP contribution in [0, 0.1) is 13.8 Å². The minimum atomic E-state index is 0.292. The number of hydrogen-bond acceptors (Lipinski definition) is 4. The molecule has 1 unspecified atom stereocenters. The van der Waals surface area contributed by atoms with Crippen molar-refractivity contribution in [3.8, 4) is 5.82 Å². The Bertz CT molecular complexity index is 716. The molecular weight excluding hydrogens is 316 g/mol. The van der Waals surface area contributed by atoms with Crippen LogP contribution in [0.2, 0.25) is 0 Å². The van der Waals surface area contributed by atoms with Crippen LogP contribution >= 0.6 is 0 Å². The van der Waals surface area contributed by atoms with E-state index >= 15 is 0 Å². The molecular formula is C18H26N6O. The predicted molar refractivity (Wildman–Crippen MR) is 98.0 cm³/mol. The van der Waals surface area contributed by atoms with Crippen LogP contribution in [0.5, 0.6) is 0 Å². The van der Waals surface area contributed by atoms with Crippen molar-refractivity contribution >= 4 is 5.96 Å². The maximum absolute atomic E-state index is 5.61. The Kier molecular flexibility index (Phi) is 5.65. The molecule has 1 saturated heterocycles. The smallest absolute Gasteiger partial charge is 0.191 e. The van der Waals surface area contributed by atoms with Crippen LogP contribution < -0.4 is 10.6 Å². The van der Waals surface area contributed by atoms with Crippen molar-refractivity contribution in [2.24, 2.45) is 4.99 Å². The van der Waals surface area contributed by atoms with Gasteiger partial charge >= 0.3 is 0 Å². The molecule has 7 heteroatoms. The summed E-state index contributed by atoms with van der Waals surface area (Å²) in [6.07, 6.45) is 4.42. The van der Waals surface area contributed by atoms with Gasteiger partial charge in [0.15, 0.2) is 11.8 Å². The number of rotatable bonds is 5. The highest BCUT2D eigenvalue weighted by molar-refractivity contribution is 5.79. The topological polar surface area (TPSA) is 76.4 Å². The number of aryl methyl sites for hydroxylation is 2. The van der Waals surface area contributed by atoms with E-state index in [1.54, 1.807) is 7.05 Å². The van der Waals surface area contributed by atoms with Crippen LogP contribution in [-0.4, -0.2) is 47.0 Å². The number of hydrogen-bond donors (Lipinski definition) is 2. The van der Waals surface area contributed by atoms with Crippen LogP contribution in [-0.2, 0) is 11.3 Å². The zero-order valence-corrected chi connectivity index (χ0v) is 15.1. The minimum absolute atomic E-state index is 0.292. The third kappa shape index (κ3) is 4.57. The average molecular weight is 342 g/mol. The van der Waals surface area contributed by atoms with Crippen molar-refractivity contribution < 1.29 is 4.74 Å². The molecule has 0 aliphatic carbocycles. The maximum Gasteiger partial charge on any atom is 0.191 e. The van der Waals surface area contributed by atoms with E-state index in [9.17, 15) is 0 Å². The van der Waals surface area contributed by atoms with Crippen molar-refractivity contribution in [2.45, 2.75) is 39.3 Å². The highest BCUT2D eigenvalue weighted by atomic mass is 16.5. The molecule has 0 spiro atoms. The van der Waals surface area contributed by atoms with E-state index in [4.69, 9.17) is 4.74 Å². The molecule has 1 atom stereocenters. The third-order valence-electron chi connectivity index (χ3n) is 4.24. The summed E-state index contributed by atoms with van der Waals surface area (Å²) in [5.74, 6) is 1.60. The zero-order chi connectivity index (χ0) is 17.6. The first-order chi connectivity index (χ1) is 12.2. The molecule has 2 aromatic rings. The molecule has 3 rings (SSSR count). The lowest BCUT2D eigenvalue weighted by Crippen LogP contribution is -2.40. The summed E-state index contributed by atoms with van der Waals surface area (Å²) in [4.78, 5) is 8.76. The van der Waals surface area contributed by atoms with E-state index < -0.39 is 0 Å². The van der Waals surface area contributed by atoms with Gasteiger partial charge in [-0.05, 0) is 44.4 Å². The minimum Gasteiger partial charge on any atom is -0.376 e. The van der Waals surface area contributed by atoms with E-state index in [1.165, 1.54) is 0 Å². The fraction of sp³-hybridized carbons (Fsp3) is 0.500. The number of pyridine rings is 1. The highest BCUT2D eigenvalue weighted by Gasteiger charge is 2.15. The number of nitrogens with one attached hydrogen (secondary N) is 2. The number of nitrogens with zero attached hydrogens (tertiary/aromatic N) is 4. The van der Waals surface area contributed by atoms with E-state index in [-0.39, 0.29) is 0 Å². The summed E-state index contributed by atoms with van der Waals surface area (Å²) in [5, 5.41) is 11.1. The quantitative estimate of drug-likeness (QED) is 0.639. The first-order valence-corrected chi connectivity index (χ1v) is 8.70. The van der Waals surface area contributed by atoms with Gasteiger partial charge in [0.1, 0.15) is 0 Å². The first-order valence-electron chi connectivity index (χ1n) is 8.70. The molecule has 25 heavy (non-hydrogen) atoms. The molecule has 0 bridgehead atoms. The maximum atomic E-state index is 5.61. The summed E-state index contributed by atoms with van der Waals surface area (Å²) >= 11 is 0. The number of aliphatic imine (C=N–C) groups is 1. The Morgan fingerprint density at radius 2 is 2.24 bits per heavy atom. The van der Waals surface area contributed by atoms with Gasteiger partial charge in [-0.2, -0.15) is 5.10 Å². The Morgan fingerprint density at radius 3 is 2.84 bits per heavy atom. The summed E-state index contributed by atoms with van der Waals surface area (Å²) in [6, 6.07) is 6.08. The van der Waals surface area contributed by atoms with Crippen LogP contribution in [0.4, 0.5) is 0 Å². The molecule has 0 amide bonds. The monoisotopic (exact) mass is 342 g/mol. The number of guanidine groups is 1. The molecule has 1 aliphatic rings. The van der Waals surface area contributed by atoms with E-state index in [0.29, 0.717) is 12.6 Å². The van der Waals surface area contributed by atoms with Gasteiger partial charge in [-0.25, -0.2) is 9.67 Å². The van der Waals surface area contributed by atoms with Crippen molar-refractivity contribution in [3.05, 3.63) is 41.3 Å². The fourth-order valence-electron chi connectivity index (χ4n) is 2.93. The lowest BCUT2D eigenvalue weighted by atomic mass is 10.2.